The van der Waals surface area contributed by atoms with Gasteiger partial charge in [0.2, 0.25) is 0 Å². The van der Waals surface area contributed by atoms with Crippen LogP contribution in [-0.4, -0.2) is 23.2 Å². The average Bonchev–Trinajstić information content (AvgIpc) is 3.11. The van der Waals surface area contributed by atoms with Crippen molar-refractivity contribution in [3.8, 4) is 5.75 Å². The number of amides is 1. The van der Waals surface area contributed by atoms with Crippen LogP contribution in [0.15, 0.2) is 46.9 Å². The number of furan rings is 1. The van der Waals surface area contributed by atoms with E-state index in [1.807, 2.05) is 49.4 Å². The maximum Gasteiger partial charge on any atom is 0.287 e. The summed E-state index contributed by atoms with van der Waals surface area (Å²) < 4.78 is 12.4. The van der Waals surface area contributed by atoms with Crippen LogP contribution in [0.5, 0.6) is 5.75 Å². The lowest BCUT2D eigenvalue weighted by molar-refractivity contribution is -0.0373. The molecule has 1 spiro atoms. The predicted molar refractivity (Wildman–Crippen MR) is 119 cm³/mol. The molecule has 5 rings (SSSR count). The second-order valence-corrected chi connectivity index (χ2v) is 8.96. The zero-order valence-corrected chi connectivity index (χ0v) is 17.9. The molecule has 5 heteroatoms. The molecule has 0 unspecified atom stereocenters. The molecule has 1 saturated carbocycles. The van der Waals surface area contributed by atoms with E-state index in [0.29, 0.717) is 24.3 Å². The third-order valence-electron chi connectivity index (χ3n) is 6.83. The van der Waals surface area contributed by atoms with Crippen molar-refractivity contribution >= 4 is 16.9 Å². The Hall–Kier alpha value is -2.79. The second-order valence-electron chi connectivity index (χ2n) is 8.96. The first kappa shape index (κ1) is 20.1. The summed E-state index contributed by atoms with van der Waals surface area (Å²) in [5.41, 5.74) is 3.06. The fraction of sp³-hybridized carbons (Fsp3) is 0.423. The van der Waals surface area contributed by atoms with Crippen molar-refractivity contribution in [2.75, 3.05) is 6.54 Å². The number of ether oxygens (including phenoxy) is 1. The molecule has 3 aromatic rings. The van der Waals surface area contributed by atoms with Gasteiger partial charge in [-0.1, -0.05) is 36.8 Å². The lowest BCUT2D eigenvalue weighted by Gasteiger charge is -2.43. The topological polar surface area (TPSA) is 71.7 Å². The fourth-order valence-corrected chi connectivity index (χ4v) is 5.27. The normalized spacial score (nSPS) is 19.7. The highest BCUT2D eigenvalue weighted by molar-refractivity contribution is 6.00. The van der Waals surface area contributed by atoms with E-state index in [0.717, 1.165) is 54.4 Å². The highest BCUT2D eigenvalue weighted by atomic mass is 16.5. The summed E-state index contributed by atoms with van der Waals surface area (Å²) in [6, 6.07) is 13.8. The lowest BCUT2D eigenvalue weighted by atomic mass is 9.77. The van der Waals surface area contributed by atoms with Gasteiger partial charge in [-0.25, -0.2) is 0 Å². The molecule has 0 saturated heterocycles. The molecule has 2 heterocycles. The van der Waals surface area contributed by atoms with E-state index in [1.54, 1.807) is 0 Å². The lowest BCUT2D eigenvalue weighted by Crippen LogP contribution is -2.42. The zero-order valence-electron chi connectivity index (χ0n) is 17.9. The Morgan fingerprint density at radius 3 is 2.68 bits per heavy atom. The number of benzene rings is 2. The molecule has 2 aliphatic rings. The molecule has 5 nitrogen and oxygen atoms in total. The highest BCUT2D eigenvalue weighted by Gasteiger charge is 2.42. The third-order valence-corrected chi connectivity index (χ3v) is 6.83. The van der Waals surface area contributed by atoms with Gasteiger partial charge in [-0.2, -0.15) is 0 Å². The Kier molecular flexibility index (Phi) is 5.22. The molecule has 0 bridgehead atoms. The van der Waals surface area contributed by atoms with Crippen LogP contribution in [0.4, 0.5) is 0 Å². The Morgan fingerprint density at radius 1 is 1.13 bits per heavy atom. The number of hydrogen-bond acceptors (Lipinski definition) is 4. The maximum absolute atomic E-state index is 12.8. The number of fused-ring (bicyclic) bond motifs is 3. The Labute approximate surface area is 182 Å². The van der Waals surface area contributed by atoms with E-state index in [-0.39, 0.29) is 11.5 Å². The van der Waals surface area contributed by atoms with Crippen LogP contribution in [0.1, 0.15) is 71.9 Å². The summed E-state index contributed by atoms with van der Waals surface area (Å²) in [7, 11) is 0. The van der Waals surface area contributed by atoms with E-state index in [1.165, 1.54) is 12.0 Å². The molecule has 1 aliphatic carbocycles. The van der Waals surface area contributed by atoms with Crippen molar-refractivity contribution in [3.05, 3.63) is 64.9 Å². The van der Waals surface area contributed by atoms with E-state index in [2.05, 4.69) is 5.32 Å². The number of hydrogen-bond donors (Lipinski definition) is 2. The molecule has 162 valence electrons. The van der Waals surface area contributed by atoms with Crippen molar-refractivity contribution in [2.45, 2.75) is 63.6 Å². The van der Waals surface area contributed by atoms with Crippen LogP contribution >= 0.6 is 0 Å². The smallest absolute Gasteiger partial charge is 0.287 e. The van der Waals surface area contributed by atoms with Crippen LogP contribution in [-0.2, 0) is 6.42 Å². The largest absolute Gasteiger partial charge is 0.487 e. The van der Waals surface area contributed by atoms with Crippen LogP contribution in [0.25, 0.3) is 11.0 Å². The van der Waals surface area contributed by atoms with Crippen LogP contribution in [0.2, 0.25) is 0 Å². The fourth-order valence-electron chi connectivity index (χ4n) is 5.27. The van der Waals surface area contributed by atoms with Crippen molar-refractivity contribution in [1.82, 2.24) is 5.32 Å². The summed E-state index contributed by atoms with van der Waals surface area (Å²) in [5, 5.41) is 14.9. The highest BCUT2D eigenvalue weighted by Crippen LogP contribution is 2.49. The molecule has 1 aliphatic heterocycles. The van der Waals surface area contributed by atoms with Gasteiger partial charge in [-0.15, -0.1) is 0 Å². The Balaban J connectivity index is 1.40. The second kappa shape index (κ2) is 8.04. The quantitative estimate of drug-likeness (QED) is 0.607. The molecule has 1 fully saturated rings. The molecule has 1 amide bonds. The molecule has 31 heavy (non-hydrogen) atoms. The van der Waals surface area contributed by atoms with Crippen LogP contribution < -0.4 is 10.1 Å². The average molecular weight is 420 g/mol. The first-order valence-corrected chi connectivity index (χ1v) is 11.3. The molecule has 2 N–H and O–H groups in total. The van der Waals surface area contributed by atoms with Gasteiger partial charge in [0, 0.05) is 29.5 Å². The minimum Gasteiger partial charge on any atom is -0.487 e. The van der Waals surface area contributed by atoms with Gasteiger partial charge in [-0.3, -0.25) is 4.79 Å². The van der Waals surface area contributed by atoms with Crippen molar-refractivity contribution in [1.29, 1.82) is 0 Å². The summed E-state index contributed by atoms with van der Waals surface area (Å²) in [6.45, 7) is 2.42. The summed E-state index contributed by atoms with van der Waals surface area (Å²) in [5.74, 6) is 0.808. The molecule has 2 aromatic carbocycles. The number of aliphatic hydroxyl groups excluding tert-OH is 1. The minimum absolute atomic E-state index is 0.228. The monoisotopic (exact) mass is 419 g/mol. The predicted octanol–water partition coefficient (Wildman–Crippen LogP) is 5.23. The van der Waals surface area contributed by atoms with E-state index in [4.69, 9.17) is 9.15 Å². The number of carbonyl (C=O) groups is 1. The van der Waals surface area contributed by atoms with Gasteiger partial charge in [0.1, 0.15) is 16.9 Å². The standard InChI is InChI=1S/C26H29NO4/c1-17-22-20(30-24(17)25(29)27-15-12-18-8-4-2-5-9-18)10-11-21-23(22)19(28)16-26(31-21)13-6-3-7-14-26/h2,4-5,8-11,19,28H,3,6-7,12-16H2,1H3,(H,27,29)/t19-/m0/s1. The van der Waals surface area contributed by atoms with Gasteiger partial charge in [0.05, 0.1) is 6.10 Å². The van der Waals surface area contributed by atoms with E-state index < -0.39 is 6.10 Å². The van der Waals surface area contributed by atoms with Gasteiger partial charge in [0.15, 0.2) is 5.76 Å². The van der Waals surface area contributed by atoms with Crippen LogP contribution in [0.3, 0.4) is 0 Å². The number of aliphatic hydroxyl groups is 1. The molecular weight excluding hydrogens is 390 g/mol. The molecule has 1 atom stereocenters. The number of nitrogens with one attached hydrogen (secondary N) is 1. The van der Waals surface area contributed by atoms with E-state index in [9.17, 15) is 9.90 Å². The Bertz CT molecular complexity index is 1100. The number of carbonyl (C=O) groups excluding carboxylic acids is 1. The molecular formula is C26H29NO4. The van der Waals surface area contributed by atoms with Gasteiger partial charge in [0.25, 0.3) is 5.91 Å². The number of aryl methyl sites for hydroxylation is 1. The first-order valence-electron chi connectivity index (χ1n) is 11.3. The van der Waals surface area contributed by atoms with Crippen LogP contribution in [0, 0.1) is 6.92 Å². The third kappa shape index (κ3) is 3.72. The summed E-state index contributed by atoms with van der Waals surface area (Å²) in [4.78, 5) is 12.8. The maximum atomic E-state index is 12.8. The minimum atomic E-state index is -0.615. The van der Waals surface area contributed by atoms with E-state index >= 15 is 0 Å². The molecule has 1 aromatic heterocycles. The summed E-state index contributed by atoms with van der Waals surface area (Å²) >= 11 is 0. The van der Waals surface area contributed by atoms with Crippen molar-refractivity contribution in [3.63, 3.8) is 0 Å². The molecule has 0 radical (unpaired) electrons. The van der Waals surface area contributed by atoms with Crippen molar-refractivity contribution < 1.29 is 19.1 Å². The van der Waals surface area contributed by atoms with Gasteiger partial charge in [-0.05, 0) is 56.7 Å². The number of rotatable bonds is 4. The SMILES string of the molecule is Cc1c(C(=O)NCCc2ccccc2)oc2ccc3c(c12)[C@@H](O)CC1(CCCCC1)O3. The van der Waals surface area contributed by atoms with Gasteiger partial charge >= 0.3 is 0 Å². The van der Waals surface area contributed by atoms with Crippen molar-refractivity contribution in [2.24, 2.45) is 0 Å². The zero-order chi connectivity index (χ0) is 21.4. The Morgan fingerprint density at radius 2 is 1.90 bits per heavy atom. The first-order chi connectivity index (χ1) is 15.1. The van der Waals surface area contributed by atoms with Gasteiger partial charge < -0.3 is 19.6 Å². The summed E-state index contributed by atoms with van der Waals surface area (Å²) in [6.07, 6.45) is 6.23.